The van der Waals surface area contributed by atoms with E-state index in [1.165, 1.54) is 35.2 Å². The molecule has 0 fully saturated rings. The zero-order chi connectivity index (χ0) is 14.9. The lowest BCUT2D eigenvalue weighted by molar-refractivity contribution is 0.112. The third kappa shape index (κ3) is 2.52. The normalized spacial score (nSPS) is 16.6. The number of aryl methyl sites for hydroxylation is 1. The monoisotopic (exact) mass is 271 g/mol. The van der Waals surface area contributed by atoms with Gasteiger partial charge < -0.3 is 4.90 Å². The quantitative estimate of drug-likeness (QED) is 0.745. The number of unbranched alkanes of at least 4 members (excludes halogenated alkanes) is 1. The summed E-state index contributed by atoms with van der Waals surface area (Å²) in [5.74, 6) is 0. The molecule has 2 heteroatoms. The molecular formula is C18H25NO. The molecule has 0 amide bonds. The molecule has 108 valence electrons. The van der Waals surface area contributed by atoms with Gasteiger partial charge in [0.15, 0.2) is 0 Å². The van der Waals surface area contributed by atoms with Crippen LogP contribution in [0, 0.1) is 6.92 Å². The molecule has 1 aliphatic heterocycles. The fraction of sp³-hybridized carbons (Fsp3) is 0.500. The Balaban J connectivity index is 2.60. The molecule has 1 heterocycles. The molecule has 2 nitrogen and oxygen atoms in total. The van der Waals surface area contributed by atoms with Gasteiger partial charge in [-0.05, 0) is 57.4 Å². The maximum Gasteiger partial charge on any atom is 0.150 e. The lowest BCUT2D eigenvalue weighted by Crippen LogP contribution is -2.46. The van der Waals surface area contributed by atoms with Crippen molar-refractivity contribution in [2.24, 2.45) is 0 Å². The van der Waals surface area contributed by atoms with Crippen molar-refractivity contribution in [1.29, 1.82) is 0 Å². The number of carbonyl (C=O) groups excluding carboxylic acids is 1. The molecule has 0 spiro atoms. The number of allylic oxidation sites excluding steroid dienone is 1. The number of rotatable bonds is 4. The van der Waals surface area contributed by atoms with Crippen LogP contribution in [0.15, 0.2) is 18.2 Å². The van der Waals surface area contributed by atoms with E-state index in [0.29, 0.717) is 0 Å². The van der Waals surface area contributed by atoms with Crippen molar-refractivity contribution in [2.45, 2.75) is 53.0 Å². The number of carbonyl (C=O) groups is 1. The van der Waals surface area contributed by atoms with Crippen LogP contribution in [0.4, 0.5) is 5.69 Å². The Morgan fingerprint density at radius 1 is 1.25 bits per heavy atom. The van der Waals surface area contributed by atoms with Gasteiger partial charge in [-0.15, -0.1) is 0 Å². The van der Waals surface area contributed by atoms with Gasteiger partial charge in [0.2, 0.25) is 0 Å². The first-order valence-electron chi connectivity index (χ1n) is 7.48. The van der Waals surface area contributed by atoms with Crippen molar-refractivity contribution >= 4 is 17.5 Å². The molecule has 0 atom stereocenters. The molecule has 0 radical (unpaired) electrons. The second-order valence-corrected chi connectivity index (χ2v) is 6.34. The minimum absolute atomic E-state index is 0.0275. The molecular weight excluding hydrogens is 246 g/mol. The average Bonchev–Trinajstić information content (AvgIpc) is 2.38. The first-order chi connectivity index (χ1) is 9.40. The summed E-state index contributed by atoms with van der Waals surface area (Å²) in [6.07, 6.45) is 5.64. The van der Waals surface area contributed by atoms with Crippen molar-refractivity contribution < 1.29 is 4.79 Å². The minimum Gasteiger partial charge on any atom is -0.362 e. The maximum absolute atomic E-state index is 11.1. The molecule has 1 aromatic carbocycles. The first-order valence-corrected chi connectivity index (χ1v) is 7.48. The van der Waals surface area contributed by atoms with E-state index >= 15 is 0 Å². The summed E-state index contributed by atoms with van der Waals surface area (Å²) in [4.78, 5) is 13.6. The summed E-state index contributed by atoms with van der Waals surface area (Å²) in [7, 11) is 0. The SMILES string of the molecule is CCCCN1c2c(C)cc(C=O)cc2C(C)=CC1(C)C. The summed E-state index contributed by atoms with van der Waals surface area (Å²) in [6.45, 7) is 12.1. The third-order valence-corrected chi connectivity index (χ3v) is 4.15. The van der Waals surface area contributed by atoms with Gasteiger partial charge in [0.05, 0.1) is 5.54 Å². The van der Waals surface area contributed by atoms with Crippen molar-refractivity contribution in [1.82, 2.24) is 0 Å². The second kappa shape index (κ2) is 5.43. The van der Waals surface area contributed by atoms with Crippen LogP contribution in [0.2, 0.25) is 0 Å². The first kappa shape index (κ1) is 14.8. The van der Waals surface area contributed by atoms with E-state index in [4.69, 9.17) is 0 Å². The van der Waals surface area contributed by atoms with E-state index in [9.17, 15) is 4.79 Å². The summed E-state index contributed by atoms with van der Waals surface area (Å²) < 4.78 is 0. The maximum atomic E-state index is 11.1. The fourth-order valence-corrected chi connectivity index (χ4v) is 3.22. The zero-order valence-electron chi connectivity index (χ0n) is 13.3. The van der Waals surface area contributed by atoms with Crippen LogP contribution in [0.1, 0.15) is 62.0 Å². The van der Waals surface area contributed by atoms with E-state index < -0.39 is 0 Å². The number of hydrogen-bond acceptors (Lipinski definition) is 2. The predicted molar refractivity (Wildman–Crippen MR) is 86.6 cm³/mol. The van der Waals surface area contributed by atoms with Crippen molar-refractivity contribution in [3.05, 3.63) is 34.9 Å². The zero-order valence-corrected chi connectivity index (χ0v) is 13.3. The van der Waals surface area contributed by atoms with Gasteiger partial charge in [-0.25, -0.2) is 0 Å². The summed E-state index contributed by atoms with van der Waals surface area (Å²) in [5.41, 5.74) is 5.77. The van der Waals surface area contributed by atoms with E-state index in [2.05, 4.69) is 45.6 Å². The summed E-state index contributed by atoms with van der Waals surface area (Å²) in [6, 6.07) is 4.02. The molecule has 0 aliphatic carbocycles. The standard InChI is InChI=1S/C18H25NO/c1-6-7-8-19-17-13(2)9-15(12-20)10-16(17)14(3)11-18(19,4)5/h9-12H,6-8H2,1-5H3. The van der Waals surface area contributed by atoms with Crippen LogP contribution in [-0.4, -0.2) is 18.4 Å². The van der Waals surface area contributed by atoms with Gasteiger partial charge in [-0.1, -0.05) is 19.4 Å². The Hall–Kier alpha value is -1.57. The Labute approximate surface area is 122 Å². The molecule has 1 aromatic rings. The summed E-state index contributed by atoms with van der Waals surface area (Å²) in [5, 5.41) is 0. The molecule has 1 aliphatic rings. The Bertz CT molecular complexity index is 555. The van der Waals surface area contributed by atoms with Crippen molar-refractivity contribution in [3.8, 4) is 0 Å². The lowest BCUT2D eigenvalue weighted by atomic mass is 9.86. The molecule has 0 unspecified atom stereocenters. The van der Waals surface area contributed by atoms with Crippen LogP contribution in [0.3, 0.4) is 0 Å². The number of nitrogens with zero attached hydrogens (tertiary/aromatic N) is 1. The Morgan fingerprint density at radius 3 is 2.55 bits per heavy atom. The lowest BCUT2D eigenvalue weighted by Gasteiger charge is -2.44. The Kier molecular flexibility index (Phi) is 4.03. The van der Waals surface area contributed by atoms with Crippen LogP contribution in [-0.2, 0) is 0 Å². The smallest absolute Gasteiger partial charge is 0.150 e. The molecule has 20 heavy (non-hydrogen) atoms. The van der Waals surface area contributed by atoms with Crippen LogP contribution < -0.4 is 4.90 Å². The summed E-state index contributed by atoms with van der Waals surface area (Å²) >= 11 is 0. The van der Waals surface area contributed by atoms with E-state index in [1.807, 2.05) is 12.1 Å². The number of aldehydes is 1. The van der Waals surface area contributed by atoms with Crippen molar-refractivity contribution in [3.63, 3.8) is 0 Å². The third-order valence-electron chi connectivity index (χ3n) is 4.15. The molecule has 2 rings (SSSR count). The van der Waals surface area contributed by atoms with Gasteiger partial charge in [0.1, 0.15) is 6.29 Å². The highest BCUT2D eigenvalue weighted by Crippen LogP contribution is 2.41. The molecule has 0 bridgehead atoms. The number of hydrogen-bond donors (Lipinski definition) is 0. The van der Waals surface area contributed by atoms with Gasteiger partial charge in [0, 0.05) is 23.4 Å². The highest BCUT2D eigenvalue weighted by Gasteiger charge is 2.32. The van der Waals surface area contributed by atoms with Crippen LogP contribution in [0.5, 0.6) is 0 Å². The number of benzene rings is 1. The molecule has 0 aromatic heterocycles. The van der Waals surface area contributed by atoms with Gasteiger partial charge in [0.25, 0.3) is 0 Å². The van der Waals surface area contributed by atoms with E-state index in [-0.39, 0.29) is 5.54 Å². The average molecular weight is 271 g/mol. The predicted octanol–water partition coefficient (Wildman–Crippen LogP) is 4.61. The van der Waals surface area contributed by atoms with Crippen LogP contribution >= 0.6 is 0 Å². The minimum atomic E-state index is 0.0275. The van der Waals surface area contributed by atoms with Gasteiger partial charge in [-0.2, -0.15) is 0 Å². The molecule has 0 saturated carbocycles. The van der Waals surface area contributed by atoms with E-state index in [0.717, 1.165) is 18.4 Å². The number of anilines is 1. The molecule has 0 N–H and O–H groups in total. The van der Waals surface area contributed by atoms with Gasteiger partial charge in [-0.3, -0.25) is 4.79 Å². The van der Waals surface area contributed by atoms with Crippen LogP contribution in [0.25, 0.3) is 5.57 Å². The Morgan fingerprint density at radius 2 is 1.95 bits per heavy atom. The largest absolute Gasteiger partial charge is 0.362 e. The highest BCUT2D eigenvalue weighted by molar-refractivity contribution is 5.88. The highest BCUT2D eigenvalue weighted by atomic mass is 16.1. The molecule has 0 saturated heterocycles. The number of fused-ring (bicyclic) bond motifs is 1. The van der Waals surface area contributed by atoms with Gasteiger partial charge >= 0.3 is 0 Å². The topological polar surface area (TPSA) is 20.3 Å². The van der Waals surface area contributed by atoms with Crippen molar-refractivity contribution in [2.75, 3.05) is 11.4 Å². The second-order valence-electron chi connectivity index (χ2n) is 6.34. The van der Waals surface area contributed by atoms with E-state index in [1.54, 1.807) is 0 Å². The fourth-order valence-electron chi connectivity index (χ4n) is 3.22.